The molecule has 150 valence electrons. The number of anilines is 1. The van der Waals surface area contributed by atoms with E-state index in [1.54, 1.807) is 29.3 Å². The Labute approximate surface area is 208 Å². The number of pyridine rings is 2. The summed E-state index contributed by atoms with van der Waals surface area (Å²) >= 11 is 0. The van der Waals surface area contributed by atoms with Gasteiger partial charge in [0, 0.05) is 36.6 Å². The van der Waals surface area contributed by atoms with Crippen LogP contribution in [0.2, 0.25) is 0 Å². The number of amides is 1. The van der Waals surface area contributed by atoms with Gasteiger partial charge in [-0.2, -0.15) is 5.10 Å². The molecule has 16 heteroatoms. The van der Waals surface area contributed by atoms with Gasteiger partial charge in [-0.25, -0.2) is 4.98 Å². The summed E-state index contributed by atoms with van der Waals surface area (Å²) in [7, 11) is 49.3. The van der Waals surface area contributed by atoms with Crippen LogP contribution in [0.1, 0.15) is 0 Å². The Hall–Kier alpha value is -2.32. The van der Waals surface area contributed by atoms with Crippen LogP contribution in [0.3, 0.4) is 0 Å². The van der Waals surface area contributed by atoms with E-state index in [4.69, 9.17) is 67.5 Å². The number of aryl methyl sites for hydroxylation is 1. The molecule has 1 saturated heterocycles. The molecule has 1 aliphatic rings. The SMILES string of the molecule is [B]C1([B])OC([B])([B])C([B])([B])N(CC(=O)Nc2cc3cc(-c4cnn(C)c4)ncc3cn2)C1([B])[B]. The zero-order chi connectivity index (χ0) is 25.1. The van der Waals surface area contributed by atoms with Crippen LogP contribution in [0, 0.1) is 0 Å². The first-order chi connectivity index (χ1) is 15.6. The number of carbonyl (C=O) groups is 1. The average Bonchev–Trinajstić information content (AvgIpc) is 3.16. The second kappa shape index (κ2) is 8.12. The van der Waals surface area contributed by atoms with E-state index in [0.29, 0.717) is 5.69 Å². The Bertz CT molecular complexity index is 1240. The molecule has 0 saturated carbocycles. The number of morpholine rings is 1. The van der Waals surface area contributed by atoms with Gasteiger partial charge in [-0.05, 0) is 39.0 Å². The fourth-order valence-corrected chi connectivity index (χ4v) is 3.58. The van der Waals surface area contributed by atoms with Crippen LogP contribution in [0.15, 0.2) is 36.9 Å². The Kier molecular flexibility index (Phi) is 5.92. The molecule has 0 atom stereocenters. The predicted molar refractivity (Wildman–Crippen MR) is 135 cm³/mol. The molecule has 0 bridgehead atoms. The maximum Gasteiger partial charge on any atom is 0.239 e. The highest BCUT2D eigenvalue weighted by atomic mass is 16.5. The second-order valence-electron chi connectivity index (χ2n) is 8.36. The van der Waals surface area contributed by atoms with E-state index in [1.165, 1.54) is 0 Å². The third-order valence-corrected chi connectivity index (χ3v) is 5.66. The van der Waals surface area contributed by atoms with E-state index in [2.05, 4.69) is 20.4 Å². The molecular formula is C18H12B8N6O2. The normalized spacial score (nSPS) is 20.6. The summed E-state index contributed by atoms with van der Waals surface area (Å²) in [5, 5.41) is -0.740. The third kappa shape index (κ3) is 4.15. The summed E-state index contributed by atoms with van der Waals surface area (Å²) < 4.78 is 6.80. The zero-order valence-corrected chi connectivity index (χ0v) is 18.3. The van der Waals surface area contributed by atoms with Crippen molar-refractivity contribution in [1.29, 1.82) is 0 Å². The number of nitrogens with zero attached hydrogens (tertiary/aromatic N) is 5. The Morgan fingerprint density at radius 3 is 2.15 bits per heavy atom. The molecular weight excluding hydrogens is 419 g/mol. The Morgan fingerprint density at radius 1 is 0.941 bits per heavy atom. The second-order valence-corrected chi connectivity index (χ2v) is 8.36. The van der Waals surface area contributed by atoms with Crippen LogP contribution < -0.4 is 5.32 Å². The van der Waals surface area contributed by atoms with Gasteiger partial charge in [-0.1, -0.05) is 0 Å². The van der Waals surface area contributed by atoms with Gasteiger partial charge in [0.1, 0.15) is 5.82 Å². The summed E-state index contributed by atoms with van der Waals surface area (Å²) in [6, 6.07) is 3.51. The third-order valence-electron chi connectivity index (χ3n) is 5.66. The molecule has 1 amide bonds. The van der Waals surface area contributed by atoms with Crippen molar-refractivity contribution in [3.63, 3.8) is 0 Å². The van der Waals surface area contributed by atoms with Gasteiger partial charge >= 0.3 is 0 Å². The summed E-state index contributed by atoms with van der Waals surface area (Å²) in [5.41, 5.74) is 1.54. The minimum atomic E-state index is -2.30. The number of carbonyl (C=O) groups excluding carboxylic acids is 1. The molecule has 1 fully saturated rings. The number of rotatable bonds is 4. The molecule has 3 aromatic heterocycles. The van der Waals surface area contributed by atoms with Gasteiger partial charge in [0.05, 0.1) is 81.2 Å². The predicted octanol–water partition coefficient (Wildman–Crippen LogP) is -2.74. The molecule has 4 rings (SSSR count). The highest BCUT2D eigenvalue weighted by Crippen LogP contribution is 2.39. The van der Waals surface area contributed by atoms with E-state index in [-0.39, 0.29) is 5.82 Å². The molecule has 0 unspecified atom stereocenters. The quantitative estimate of drug-likeness (QED) is 0.452. The largest absolute Gasteiger partial charge is 0.406 e. The number of hydrogen-bond donors (Lipinski definition) is 1. The minimum Gasteiger partial charge on any atom is -0.406 e. The van der Waals surface area contributed by atoms with Crippen molar-refractivity contribution in [2.75, 3.05) is 11.9 Å². The summed E-state index contributed by atoms with van der Waals surface area (Å²) in [5.74, 6) is -0.422. The molecule has 0 aliphatic carbocycles. The van der Waals surface area contributed by atoms with Gasteiger partial charge in [0.15, 0.2) is 0 Å². The number of aromatic nitrogens is 4. The molecule has 3 aromatic rings. The molecule has 4 heterocycles. The Balaban J connectivity index is 1.58. The van der Waals surface area contributed by atoms with Crippen LogP contribution in [-0.2, 0) is 16.6 Å². The molecule has 1 N–H and O–H groups in total. The van der Waals surface area contributed by atoms with Crippen LogP contribution in [-0.4, -0.2) is 121 Å². The van der Waals surface area contributed by atoms with Crippen molar-refractivity contribution >= 4 is 85.3 Å². The van der Waals surface area contributed by atoms with E-state index in [9.17, 15) is 4.79 Å². The standard InChI is InChI=1S/C18H12B8N6O2/c1-31-7-11(6-29-31)12-2-9-3-13(28-5-10(9)4-27-12)30-14(33)8-32-15(19,20)17(23,24)34-18(25,26)16(32,21)22/h2-7H,8H2,1H3,(H,28,30,33). The lowest BCUT2D eigenvalue weighted by molar-refractivity contribution is -0.131. The van der Waals surface area contributed by atoms with Gasteiger partial charge in [0.25, 0.3) is 0 Å². The number of nitrogens with one attached hydrogen (secondary N) is 1. The van der Waals surface area contributed by atoms with Crippen LogP contribution in [0.5, 0.6) is 0 Å². The fraction of sp³-hybridized carbons (Fsp3) is 0.333. The van der Waals surface area contributed by atoms with Crippen molar-refractivity contribution in [2.24, 2.45) is 7.05 Å². The first-order valence-electron chi connectivity index (χ1n) is 9.98. The van der Waals surface area contributed by atoms with E-state index >= 15 is 0 Å². The maximum absolute atomic E-state index is 12.9. The molecule has 8 nitrogen and oxygen atoms in total. The van der Waals surface area contributed by atoms with Crippen molar-refractivity contribution in [3.05, 3.63) is 36.9 Å². The average molecular weight is 431 g/mol. The molecule has 1 aliphatic heterocycles. The van der Waals surface area contributed by atoms with E-state index in [1.807, 2.05) is 19.3 Å². The zero-order valence-electron chi connectivity index (χ0n) is 18.3. The van der Waals surface area contributed by atoms with E-state index < -0.39 is 33.9 Å². The fourth-order valence-electron chi connectivity index (χ4n) is 3.58. The first-order valence-corrected chi connectivity index (χ1v) is 9.98. The highest BCUT2D eigenvalue weighted by Gasteiger charge is 2.57. The van der Waals surface area contributed by atoms with Crippen molar-refractivity contribution in [3.8, 4) is 11.3 Å². The smallest absolute Gasteiger partial charge is 0.239 e. The summed E-state index contributed by atoms with van der Waals surface area (Å²) in [4.78, 5) is 22.4. The molecule has 0 aromatic carbocycles. The van der Waals surface area contributed by atoms with Crippen molar-refractivity contribution in [2.45, 2.75) is 21.5 Å². The van der Waals surface area contributed by atoms with Gasteiger partial charge in [-0.15, -0.1) is 0 Å². The van der Waals surface area contributed by atoms with E-state index in [0.717, 1.165) is 21.2 Å². The van der Waals surface area contributed by atoms with Gasteiger partial charge in [0.2, 0.25) is 5.91 Å². The Morgan fingerprint density at radius 2 is 1.56 bits per heavy atom. The number of fused-ring (bicyclic) bond motifs is 1. The van der Waals surface area contributed by atoms with Crippen molar-refractivity contribution < 1.29 is 9.53 Å². The lowest BCUT2D eigenvalue weighted by atomic mass is 9.30. The molecule has 0 spiro atoms. The lowest BCUT2D eigenvalue weighted by Crippen LogP contribution is -2.86. The summed E-state index contributed by atoms with van der Waals surface area (Å²) in [6.07, 6.45) is 6.76. The topological polar surface area (TPSA) is 85.2 Å². The monoisotopic (exact) mass is 432 g/mol. The van der Waals surface area contributed by atoms with Gasteiger partial charge in [-0.3, -0.25) is 14.5 Å². The number of ether oxygens (including phenoxy) is 1. The highest BCUT2D eigenvalue weighted by molar-refractivity contribution is 6.59. The maximum atomic E-state index is 12.9. The van der Waals surface area contributed by atoms with Crippen LogP contribution in [0.25, 0.3) is 22.0 Å². The van der Waals surface area contributed by atoms with Crippen molar-refractivity contribution in [1.82, 2.24) is 24.6 Å². The van der Waals surface area contributed by atoms with Crippen LogP contribution >= 0.6 is 0 Å². The van der Waals surface area contributed by atoms with Gasteiger partial charge < -0.3 is 15.0 Å². The van der Waals surface area contributed by atoms with Crippen LogP contribution in [0.4, 0.5) is 5.82 Å². The molecule has 34 heavy (non-hydrogen) atoms. The molecule has 16 radical (unpaired) electrons. The summed E-state index contributed by atoms with van der Waals surface area (Å²) in [6.45, 7) is -0.591. The number of hydrogen-bond acceptors (Lipinski definition) is 6. The lowest BCUT2D eigenvalue weighted by Gasteiger charge is -2.70. The first kappa shape index (κ1) is 24.8. The minimum absolute atomic E-state index is 0.229.